The van der Waals surface area contributed by atoms with Gasteiger partial charge in [-0.25, -0.2) is 9.59 Å². The van der Waals surface area contributed by atoms with Crippen LogP contribution in [-0.2, 0) is 55.0 Å². The molecule has 0 atom stereocenters. The summed E-state index contributed by atoms with van der Waals surface area (Å²) >= 11 is 0. The molecule has 0 radical (unpaired) electrons. The molecule has 4 aromatic rings. The van der Waals surface area contributed by atoms with Crippen LogP contribution in [0.25, 0.3) is 0 Å². The molecule has 0 amide bonds. The number of aliphatic imine (C=N–C) groups is 2. The first-order chi connectivity index (χ1) is 28.2. The summed E-state index contributed by atoms with van der Waals surface area (Å²) in [6, 6.07) is 18.7. The van der Waals surface area contributed by atoms with Crippen molar-refractivity contribution < 1.29 is 56.7 Å². The molecule has 0 aromatic heterocycles. The Morgan fingerprint density at radius 1 is 0.533 bits per heavy atom. The molecule has 0 aliphatic rings. The van der Waals surface area contributed by atoms with E-state index < -0.39 is 34.9 Å². The van der Waals surface area contributed by atoms with Gasteiger partial charge in [-0.1, -0.05) is 103 Å². The number of phenols is 2. The van der Waals surface area contributed by atoms with E-state index in [1.54, 1.807) is 0 Å². The maximum atomic E-state index is 11.4. The molecule has 0 saturated carbocycles. The number of nitrogens with zero attached hydrogens (tertiary/aromatic N) is 2. The van der Waals surface area contributed by atoms with E-state index in [9.17, 15) is 19.8 Å². The number of benzene rings is 4. The van der Waals surface area contributed by atoms with Crippen molar-refractivity contribution in [1.29, 1.82) is 0 Å². The Labute approximate surface area is 367 Å². The van der Waals surface area contributed by atoms with Gasteiger partial charge in [0.1, 0.15) is 11.5 Å². The largest absolute Gasteiger partial charge is 2.00 e. The van der Waals surface area contributed by atoms with E-state index in [0.29, 0.717) is 24.0 Å². The zero-order chi connectivity index (χ0) is 44.1. The van der Waals surface area contributed by atoms with E-state index in [4.69, 9.17) is 30.4 Å². The summed E-state index contributed by atoms with van der Waals surface area (Å²) in [5.41, 5.74) is 10.3. The van der Waals surface area contributed by atoms with E-state index in [-0.39, 0.29) is 27.6 Å². The number of aromatic hydroxyl groups is 2. The third-order valence-corrected chi connectivity index (χ3v) is 10.1. The van der Waals surface area contributed by atoms with Crippen LogP contribution >= 0.6 is 0 Å². The Morgan fingerprint density at radius 3 is 1.25 bits per heavy atom. The summed E-state index contributed by atoms with van der Waals surface area (Å²) in [5, 5.41) is 58.7. The van der Waals surface area contributed by atoms with Crippen LogP contribution in [0.15, 0.2) is 70.6 Å². The van der Waals surface area contributed by atoms with E-state index in [1.165, 1.54) is 46.5 Å². The number of carbonyl (C=O) groups is 2. The van der Waals surface area contributed by atoms with Crippen LogP contribution in [0.5, 0.6) is 23.0 Å². The number of carboxylic acid groups (broad SMARTS) is 2. The summed E-state index contributed by atoms with van der Waals surface area (Å²) < 4.78 is 0. The maximum Gasteiger partial charge on any atom is 2.00 e. The van der Waals surface area contributed by atoms with Crippen molar-refractivity contribution >= 4 is 34.7 Å². The molecule has 11 heteroatoms. The second-order valence-corrected chi connectivity index (χ2v) is 14.4. The van der Waals surface area contributed by atoms with Gasteiger partial charge in [-0.05, 0) is 141 Å². The average molecular weight is 868 g/mol. The first kappa shape index (κ1) is 52.9. The van der Waals surface area contributed by atoms with Gasteiger partial charge in [0.25, 0.3) is 0 Å². The van der Waals surface area contributed by atoms with Gasteiger partial charge >= 0.3 is 28.4 Å². The van der Waals surface area contributed by atoms with Gasteiger partial charge in [-0.3, -0.25) is 9.98 Å². The van der Waals surface area contributed by atoms with Gasteiger partial charge in [0.2, 0.25) is 0 Å². The summed E-state index contributed by atoms with van der Waals surface area (Å²) in [4.78, 5) is 31.7. The van der Waals surface area contributed by atoms with Crippen molar-refractivity contribution in [3.05, 3.63) is 105 Å². The molecule has 4 rings (SSSR count). The maximum absolute atomic E-state index is 11.4. The third kappa shape index (κ3) is 15.8. The fraction of sp³-hybridized carbons (Fsp3) is 0.429. The van der Waals surface area contributed by atoms with Gasteiger partial charge in [0.05, 0.1) is 33.9 Å². The number of carboxylic acids is 2. The number of unbranched alkanes of at least 4 members (excludes halogenated alkanes) is 3. The van der Waals surface area contributed by atoms with Gasteiger partial charge in [0, 0.05) is 0 Å². The molecule has 4 aromatic carbocycles. The quantitative estimate of drug-likeness (QED) is 0.0562. The fourth-order valence-electron chi connectivity index (χ4n) is 6.63. The normalized spacial score (nSPS) is 11.1. The van der Waals surface area contributed by atoms with Crippen LogP contribution in [0.2, 0.25) is 0 Å². The Balaban J connectivity index is 0.000000490. The molecule has 60 heavy (non-hydrogen) atoms. The Kier molecular flexibility index (Phi) is 24.3. The van der Waals surface area contributed by atoms with Crippen molar-refractivity contribution in [2.24, 2.45) is 9.98 Å². The molecular weight excluding hydrogens is 803 g/mol. The van der Waals surface area contributed by atoms with E-state index in [0.717, 1.165) is 93.4 Å². The van der Waals surface area contributed by atoms with Gasteiger partial charge in [-0.15, -0.1) is 0 Å². The van der Waals surface area contributed by atoms with Crippen molar-refractivity contribution in [2.75, 3.05) is 0 Å². The minimum absolute atomic E-state index is 0. The van der Waals surface area contributed by atoms with Crippen LogP contribution in [0.1, 0.15) is 154 Å². The average Bonchev–Trinajstić information content (AvgIpc) is 3.22. The van der Waals surface area contributed by atoms with E-state index in [1.807, 2.05) is 13.8 Å². The first-order valence-electron chi connectivity index (χ1n) is 21.1. The predicted octanol–water partition coefficient (Wildman–Crippen LogP) is 11.0. The third-order valence-electron chi connectivity index (χ3n) is 10.1. The summed E-state index contributed by atoms with van der Waals surface area (Å²) in [6.45, 7) is 17.2. The number of aryl methyl sites for hydroxylation is 6. The molecule has 328 valence electrons. The van der Waals surface area contributed by atoms with Crippen LogP contribution in [0.3, 0.4) is 0 Å². The number of phenolic OH excluding ortho intramolecular Hbond substituents is 2. The van der Waals surface area contributed by atoms with Crippen molar-refractivity contribution in [3.63, 3.8) is 0 Å². The minimum atomic E-state index is -1.28. The molecule has 10 nitrogen and oxygen atoms in total. The Hall–Kier alpha value is -5.15. The van der Waals surface area contributed by atoms with Gasteiger partial charge in [0.15, 0.2) is 0 Å². The molecule has 0 aliphatic heterocycles. The molecule has 0 spiro atoms. The molecule has 0 bridgehead atoms. The van der Waals surface area contributed by atoms with E-state index in [2.05, 4.69) is 77.9 Å². The number of hydrogen-bond donors (Lipinski definition) is 4. The number of rotatable bonds is 18. The molecule has 0 unspecified atom stereocenters. The van der Waals surface area contributed by atoms with Crippen molar-refractivity contribution in [1.82, 2.24) is 0 Å². The fourth-order valence-corrected chi connectivity index (χ4v) is 6.63. The Bertz CT molecular complexity index is 1980. The first-order valence-corrected chi connectivity index (χ1v) is 21.1. The van der Waals surface area contributed by atoms with Gasteiger partial charge < -0.3 is 30.6 Å². The standard InChI is InChI=1S/C27H38N2.2C11H14O4.Ni/c1-7-12-13-27(29-26-17-15-22(9-3)24(11-5)19-26)20(6)28-25-16-14-21(8-2)23(10-4)18-25;2*1-2-3-4-7-5-6-8(12)10(13)9(7)11(14)15;/h14-19H,7-13H2,1-6H3;2*5-6,12-13H,2-4H2,1H3,(H,14,15);/q;;;+2/p-2. The van der Waals surface area contributed by atoms with Crippen molar-refractivity contribution in [2.45, 2.75) is 139 Å². The van der Waals surface area contributed by atoms with Gasteiger partial charge in [-0.2, -0.15) is 0 Å². The summed E-state index contributed by atoms with van der Waals surface area (Å²) in [5.74, 6) is -5.16. The topological polar surface area (TPSA) is 186 Å². The monoisotopic (exact) mass is 866 g/mol. The SMILES string of the molecule is CCCCC(=Nc1ccc(CC)c(CC)c1)C(C)=Nc1ccc(CC)c(CC)c1.CCCCc1ccc(O)c([O-])c1C(=O)O.CCCCc1ccc(O)c([O-])c1C(=O)O.[Ni+2]. The predicted molar refractivity (Wildman–Crippen MR) is 236 cm³/mol. The van der Waals surface area contributed by atoms with Crippen LogP contribution < -0.4 is 10.2 Å². The molecular formula is C49H64N2NiO8. The Morgan fingerprint density at radius 2 is 0.900 bits per heavy atom. The van der Waals surface area contributed by atoms with Crippen LogP contribution in [0, 0.1) is 0 Å². The van der Waals surface area contributed by atoms with E-state index >= 15 is 0 Å². The molecule has 0 fully saturated rings. The zero-order valence-corrected chi connectivity index (χ0v) is 37.6. The minimum Gasteiger partial charge on any atom is -0.869 e. The smallest absolute Gasteiger partial charge is 0.869 e. The second-order valence-electron chi connectivity index (χ2n) is 14.4. The molecule has 0 heterocycles. The molecule has 4 N–H and O–H groups in total. The van der Waals surface area contributed by atoms with Crippen LogP contribution in [-0.4, -0.2) is 43.8 Å². The second kappa shape index (κ2) is 27.6. The van der Waals surface area contributed by atoms with Crippen LogP contribution in [0.4, 0.5) is 11.4 Å². The number of aromatic carboxylic acids is 2. The van der Waals surface area contributed by atoms with Crippen molar-refractivity contribution in [3.8, 4) is 23.0 Å². The number of hydrogen-bond acceptors (Lipinski definition) is 8. The summed E-state index contributed by atoms with van der Waals surface area (Å²) in [6.07, 6.45) is 12.1. The molecule has 0 saturated heterocycles. The molecule has 0 aliphatic carbocycles. The summed E-state index contributed by atoms with van der Waals surface area (Å²) in [7, 11) is 0. The zero-order valence-electron chi connectivity index (χ0n) is 36.6.